The molecule has 19 heavy (non-hydrogen) atoms. The SMILES string of the molecule is N/N=C(\C(=O)c1ccc(F)cc1)c1ccc(F)cc1. The lowest BCUT2D eigenvalue weighted by atomic mass is 10.0. The highest BCUT2D eigenvalue weighted by molar-refractivity contribution is 6.51. The van der Waals surface area contributed by atoms with Gasteiger partial charge in [0.1, 0.15) is 17.3 Å². The van der Waals surface area contributed by atoms with Gasteiger partial charge in [-0.1, -0.05) is 0 Å². The van der Waals surface area contributed by atoms with Crippen LogP contribution in [0.4, 0.5) is 8.78 Å². The van der Waals surface area contributed by atoms with Crippen molar-refractivity contribution in [2.75, 3.05) is 0 Å². The highest BCUT2D eigenvalue weighted by Crippen LogP contribution is 2.10. The second-order valence-electron chi connectivity index (χ2n) is 3.82. The molecule has 0 aromatic heterocycles. The van der Waals surface area contributed by atoms with Gasteiger partial charge in [0.05, 0.1) is 0 Å². The number of hydrazone groups is 1. The monoisotopic (exact) mass is 260 g/mol. The van der Waals surface area contributed by atoms with Gasteiger partial charge in [-0.2, -0.15) is 5.10 Å². The van der Waals surface area contributed by atoms with Crippen molar-refractivity contribution in [2.24, 2.45) is 10.9 Å². The Labute approximate surface area is 108 Å². The number of carbonyl (C=O) groups excluding carboxylic acids is 1. The molecular weight excluding hydrogens is 250 g/mol. The molecule has 0 aliphatic carbocycles. The first kappa shape index (κ1) is 12.9. The van der Waals surface area contributed by atoms with Crippen LogP contribution in [0.1, 0.15) is 15.9 Å². The van der Waals surface area contributed by atoms with Crippen molar-refractivity contribution in [3.05, 3.63) is 71.3 Å². The minimum atomic E-state index is -0.450. The maximum absolute atomic E-state index is 12.8. The highest BCUT2D eigenvalue weighted by Gasteiger charge is 2.16. The molecule has 0 aliphatic rings. The van der Waals surface area contributed by atoms with Crippen LogP contribution >= 0.6 is 0 Å². The van der Waals surface area contributed by atoms with E-state index in [1.165, 1.54) is 48.5 Å². The molecule has 2 N–H and O–H groups in total. The molecule has 2 rings (SSSR count). The van der Waals surface area contributed by atoms with Crippen LogP contribution in [-0.4, -0.2) is 11.5 Å². The lowest BCUT2D eigenvalue weighted by Crippen LogP contribution is -2.17. The van der Waals surface area contributed by atoms with E-state index in [1.54, 1.807) is 0 Å². The fourth-order valence-corrected chi connectivity index (χ4v) is 1.61. The van der Waals surface area contributed by atoms with Gasteiger partial charge in [0.2, 0.25) is 5.78 Å². The highest BCUT2D eigenvalue weighted by atomic mass is 19.1. The minimum Gasteiger partial charge on any atom is -0.323 e. The zero-order chi connectivity index (χ0) is 13.8. The number of carbonyl (C=O) groups is 1. The zero-order valence-electron chi connectivity index (χ0n) is 9.81. The first-order valence-electron chi connectivity index (χ1n) is 5.46. The normalized spacial score (nSPS) is 11.4. The van der Waals surface area contributed by atoms with Crippen LogP contribution in [0.3, 0.4) is 0 Å². The largest absolute Gasteiger partial charge is 0.323 e. The molecule has 0 bridgehead atoms. The van der Waals surface area contributed by atoms with Crippen molar-refractivity contribution in [3.8, 4) is 0 Å². The minimum absolute atomic E-state index is 0.00777. The summed E-state index contributed by atoms with van der Waals surface area (Å²) in [6.45, 7) is 0. The molecule has 3 nitrogen and oxygen atoms in total. The predicted molar refractivity (Wildman–Crippen MR) is 67.9 cm³/mol. The Bertz CT molecular complexity index is 619. The Balaban J connectivity index is 2.35. The van der Waals surface area contributed by atoms with E-state index in [-0.39, 0.29) is 11.3 Å². The van der Waals surface area contributed by atoms with Crippen molar-refractivity contribution < 1.29 is 13.6 Å². The van der Waals surface area contributed by atoms with Crippen molar-refractivity contribution in [1.82, 2.24) is 0 Å². The number of nitrogens with zero attached hydrogens (tertiary/aromatic N) is 1. The molecular formula is C14H10F2N2O. The van der Waals surface area contributed by atoms with E-state index >= 15 is 0 Å². The first-order chi connectivity index (χ1) is 9.11. The van der Waals surface area contributed by atoms with Crippen LogP contribution in [-0.2, 0) is 0 Å². The average molecular weight is 260 g/mol. The molecule has 0 atom stereocenters. The number of benzene rings is 2. The van der Waals surface area contributed by atoms with E-state index in [0.717, 1.165) is 0 Å². The number of Topliss-reactive ketones (excluding diaryl/α,β-unsaturated/α-hetero) is 1. The zero-order valence-corrected chi connectivity index (χ0v) is 9.81. The Morgan fingerprint density at radius 2 is 1.26 bits per heavy atom. The number of hydrogen-bond donors (Lipinski definition) is 1. The van der Waals surface area contributed by atoms with Gasteiger partial charge >= 0.3 is 0 Å². The van der Waals surface area contributed by atoms with Gasteiger partial charge in [-0.3, -0.25) is 4.79 Å². The van der Waals surface area contributed by atoms with Gasteiger partial charge in [0.25, 0.3) is 0 Å². The topological polar surface area (TPSA) is 55.4 Å². The molecule has 2 aromatic carbocycles. The van der Waals surface area contributed by atoms with Crippen LogP contribution in [0, 0.1) is 11.6 Å². The molecule has 0 unspecified atom stereocenters. The molecule has 2 aromatic rings. The summed E-state index contributed by atoms with van der Waals surface area (Å²) in [5.41, 5.74) is 0.653. The van der Waals surface area contributed by atoms with E-state index < -0.39 is 17.4 Å². The summed E-state index contributed by atoms with van der Waals surface area (Å²) in [5, 5.41) is 3.44. The summed E-state index contributed by atoms with van der Waals surface area (Å²) >= 11 is 0. The third-order valence-corrected chi connectivity index (χ3v) is 2.57. The van der Waals surface area contributed by atoms with Crippen LogP contribution in [0.15, 0.2) is 53.6 Å². The van der Waals surface area contributed by atoms with Gasteiger partial charge in [0, 0.05) is 11.1 Å². The van der Waals surface area contributed by atoms with Crippen LogP contribution < -0.4 is 5.84 Å². The summed E-state index contributed by atoms with van der Waals surface area (Å²) in [4.78, 5) is 12.1. The summed E-state index contributed by atoms with van der Waals surface area (Å²) in [6.07, 6.45) is 0. The third-order valence-electron chi connectivity index (χ3n) is 2.57. The molecule has 0 saturated heterocycles. The maximum Gasteiger partial charge on any atom is 0.213 e. The maximum atomic E-state index is 12.8. The molecule has 0 radical (unpaired) electrons. The third kappa shape index (κ3) is 2.82. The van der Waals surface area contributed by atoms with E-state index in [2.05, 4.69) is 5.10 Å². The van der Waals surface area contributed by atoms with Crippen LogP contribution in [0.5, 0.6) is 0 Å². The van der Waals surface area contributed by atoms with E-state index in [0.29, 0.717) is 5.56 Å². The molecule has 0 aliphatic heterocycles. The summed E-state index contributed by atoms with van der Waals surface area (Å²) in [5.74, 6) is 3.90. The van der Waals surface area contributed by atoms with E-state index in [9.17, 15) is 13.6 Å². The quantitative estimate of drug-likeness (QED) is 0.399. The first-order valence-corrected chi connectivity index (χ1v) is 5.46. The Kier molecular flexibility index (Phi) is 3.66. The van der Waals surface area contributed by atoms with Gasteiger partial charge < -0.3 is 5.84 Å². The summed E-state index contributed by atoms with van der Waals surface area (Å²) in [6, 6.07) is 10.2. The van der Waals surface area contributed by atoms with Crippen LogP contribution in [0.2, 0.25) is 0 Å². The van der Waals surface area contributed by atoms with Gasteiger partial charge in [-0.05, 0) is 48.5 Å². The lowest BCUT2D eigenvalue weighted by molar-refractivity contribution is 0.106. The fraction of sp³-hybridized carbons (Fsp3) is 0. The van der Waals surface area contributed by atoms with Gasteiger partial charge in [-0.25, -0.2) is 8.78 Å². The van der Waals surface area contributed by atoms with E-state index in [1.807, 2.05) is 0 Å². The molecule has 96 valence electrons. The van der Waals surface area contributed by atoms with Crippen molar-refractivity contribution >= 4 is 11.5 Å². The van der Waals surface area contributed by atoms with Crippen molar-refractivity contribution in [2.45, 2.75) is 0 Å². The summed E-state index contributed by atoms with van der Waals surface area (Å²) in [7, 11) is 0. The molecule has 5 heteroatoms. The van der Waals surface area contributed by atoms with Crippen LogP contribution in [0.25, 0.3) is 0 Å². The Morgan fingerprint density at radius 1 is 0.842 bits per heavy atom. The Morgan fingerprint density at radius 3 is 1.68 bits per heavy atom. The molecule has 0 amide bonds. The fourth-order valence-electron chi connectivity index (χ4n) is 1.61. The standard InChI is InChI=1S/C14H10F2N2O/c15-11-5-1-9(2-6-11)13(18-17)14(19)10-3-7-12(16)8-4-10/h1-8H,17H2/b18-13-. The molecule has 0 saturated carbocycles. The van der Waals surface area contributed by atoms with Gasteiger partial charge in [-0.15, -0.1) is 0 Å². The lowest BCUT2D eigenvalue weighted by Gasteiger charge is -2.04. The molecule has 0 fully saturated rings. The van der Waals surface area contributed by atoms with Crippen molar-refractivity contribution in [3.63, 3.8) is 0 Å². The van der Waals surface area contributed by atoms with Crippen molar-refractivity contribution in [1.29, 1.82) is 0 Å². The number of ketones is 1. The second-order valence-corrected chi connectivity index (χ2v) is 3.82. The smallest absolute Gasteiger partial charge is 0.213 e. The second kappa shape index (κ2) is 5.39. The molecule has 0 heterocycles. The number of hydrogen-bond acceptors (Lipinski definition) is 3. The number of nitrogens with two attached hydrogens (primary N) is 1. The Hall–Kier alpha value is -2.56. The van der Waals surface area contributed by atoms with E-state index in [4.69, 9.17) is 5.84 Å². The predicted octanol–water partition coefficient (Wildman–Crippen LogP) is 2.51. The number of halogens is 2. The molecule has 0 spiro atoms. The summed E-state index contributed by atoms with van der Waals surface area (Å²) < 4.78 is 25.6. The van der Waals surface area contributed by atoms with Gasteiger partial charge in [0.15, 0.2) is 0 Å². The number of rotatable bonds is 3. The average Bonchev–Trinajstić information content (AvgIpc) is 2.42.